The van der Waals surface area contributed by atoms with E-state index in [-0.39, 0.29) is 5.91 Å². The van der Waals surface area contributed by atoms with Crippen LogP contribution in [0.2, 0.25) is 0 Å². The molecular weight excluding hydrogens is 218 g/mol. The fourth-order valence-electron chi connectivity index (χ4n) is 0.421. The van der Waals surface area contributed by atoms with Crippen LogP contribution in [0.3, 0.4) is 0 Å². The van der Waals surface area contributed by atoms with E-state index < -0.39 is 0 Å². The maximum Gasteiger partial charge on any atom is 0.294 e. The number of nitrogens with one attached hydrogen (secondary N) is 1. The van der Waals surface area contributed by atoms with Crippen molar-refractivity contribution in [1.82, 2.24) is 10.4 Å². The molecule has 1 aromatic heterocycles. The lowest BCUT2D eigenvalue weighted by atomic mass is 10.7. The van der Waals surface area contributed by atoms with Crippen LogP contribution in [0.1, 0.15) is 9.80 Å². The minimum atomic E-state index is -0.365. The zero-order valence-corrected chi connectivity index (χ0v) is 7.20. The van der Waals surface area contributed by atoms with Gasteiger partial charge in [-0.05, 0) is 15.9 Å². The molecule has 1 heterocycles. The number of rotatable bonds is 1. The van der Waals surface area contributed by atoms with Crippen molar-refractivity contribution in [3.63, 3.8) is 0 Å². The van der Waals surface area contributed by atoms with Gasteiger partial charge in [0, 0.05) is 0 Å². The lowest BCUT2D eigenvalue weighted by Gasteiger charge is -1.89. The number of amides is 1. The van der Waals surface area contributed by atoms with E-state index in [2.05, 4.69) is 20.9 Å². The highest BCUT2D eigenvalue weighted by molar-refractivity contribution is 9.11. The van der Waals surface area contributed by atoms with Crippen LogP contribution in [0.5, 0.6) is 0 Å². The van der Waals surface area contributed by atoms with E-state index in [4.69, 9.17) is 5.84 Å². The van der Waals surface area contributed by atoms with E-state index in [1.54, 1.807) is 6.20 Å². The van der Waals surface area contributed by atoms with Crippen molar-refractivity contribution < 1.29 is 4.79 Å². The number of halogens is 1. The minimum absolute atomic E-state index is 0.356. The summed E-state index contributed by atoms with van der Waals surface area (Å²) in [7, 11) is 0. The van der Waals surface area contributed by atoms with E-state index in [0.29, 0.717) is 5.01 Å². The van der Waals surface area contributed by atoms with E-state index in [9.17, 15) is 4.79 Å². The molecule has 0 aromatic carbocycles. The third-order valence-electron chi connectivity index (χ3n) is 0.803. The fraction of sp³-hybridized carbons (Fsp3) is 0. The highest BCUT2D eigenvalue weighted by Gasteiger charge is 2.06. The van der Waals surface area contributed by atoms with Gasteiger partial charge in [-0.1, -0.05) is 0 Å². The molecule has 0 unspecified atom stereocenters. The van der Waals surface area contributed by atoms with Gasteiger partial charge in [-0.2, -0.15) is 0 Å². The van der Waals surface area contributed by atoms with Crippen LogP contribution in [-0.4, -0.2) is 10.9 Å². The van der Waals surface area contributed by atoms with Crippen LogP contribution in [0.25, 0.3) is 0 Å². The summed E-state index contributed by atoms with van der Waals surface area (Å²) >= 11 is 4.40. The first-order chi connectivity index (χ1) is 4.74. The van der Waals surface area contributed by atoms with Crippen LogP contribution in [0.15, 0.2) is 9.98 Å². The Labute approximate surface area is 69.5 Å². The summed E-state index contributed by atoms with van der Waals surface area (Å²) in [6, 6.07) is 0. The molecule has 0 saturated carbocycles. The van der Waals surface area contributed by atoms with Crippen LogP contribution in [0.4, 0.5) is 0 Å². The van der Waals surface area contributed by atoms with Gasteiger partial charge < -0.3 is 0 Å². The number of thiazole rings is 1. The van der Waals surface area contributed by atoms with E-state index >= 15 is 0 Å². The molecule has 0 atom stereocenters. The highest BCUT2D eigenvalue weighted by Crippen LogP contribution is 2.18. The number of hydrogen-bond donors (Lipinski definition) is 2. The van der Waals surface area contributed by atoms with Crippen molar-refractivity contribution in [3.8, 4) is 0 Å². The number of nitrogens with two attached hydrogens (primary N) is 1. The monoisotopic (exact) mass is 221 g/mol. The van der Waals surface area contributed by atoms with Gasteiger partial charge >= 0.3 is 0 Å². The number of carbonyl (C=O) groups is 1. The first kappa shape index (κ1) is 7.64. The zero-order valence-electron chi connectivity index (χ0n) is 4.80. The molecule has 0 aliphatic carbocycles. The lowest BCUT2D eigenvalue weighted by molar-refractivity contribution is 0.0953. The second kappa shape index (κ2) is 3.09. The molecule has 1 rings (SSSR count). The third-order valence-corrected chi connectivity index (χ3v) is 2.28. The van der Waals surface area contributed by atoms with Gasteiger partial charge in [-0.15, -0.1) is 11.3 Å². The number of aromatic nitrogens is 1. The predicted molar refractivity (Wildman–Crippen MR) is 41.5 cm³/mol. The van der Waals surface area contributed by atoms with Crippen molar-refractivity contribution in [1.29, 1.82) is 0 Å². The molecule has 1 amide bonds. The molecule has 0 saturated heterocycles. The summed E-state index contributed by atoms with van der Waals surface area (Å²) in [4.78, 5) is 14.5. The third kappa shape index (κ3) is 1.53. The van der Waals surface area contributed by atoms with E-state index in [0.717, 1.165) is 3.79 Å². The van der Waals surface area contributed by atoms with Crippen molar-refractivity contribution >= 4 is 33.2 Å². The number of nitrogens with zero attached hydrogens (tertiary/aromatic N) is 1. The molecule has 0 aliphatic heterocycles. The maximum atomic E-state index is 10.7. The van der Waals surface area contributed by atoms with Crippen LogP contribution >= 0.6 is 27.3 Å². The Kier molecular flexibility index (Phi) is 2.36. The zero-order chi connectivity index (χ0) is 7.56. The largest absolute Gasteiger partial charge is 0.294 e. The van der Waals surface area contributed by atoms with Crippen molar-refractivity contribution in [2.24, 2.45) is 5.84 Å². The topological polar surface area (TPSA) is 68.0 Å². The summed E-state index contributed by atoms with van der Waals surface area (Å²) in [5, 5.41) is 0.356. The van der Waals surface area contributed by atoms with E-state index in [1.165, 1.54) is 11.3 Å². The fourth-order valence-corrected chi connectivity index (χ4v) is 1.53. The van der Waals surface area contributed by atoms with Crippen LogP contribution < -0.4 is 11.3 Å². The maximum absolute atomic E-state index is 10.7. The number of hydrazine groups is 1. The summed E-state index contributed by atoms with van der Waals surface area (Å²) in [6.07, 6.45) is 1.55. The normalized spacial score (nSPS) is 9.40. The first-order valence-corrected chi connectivity index (χ1v) is 3.97. The smallest absolute Gasteiger partial charge is 0.288 e. The lowest BCUT2D eigenvalue weighted by Crippen LogP contribution is -2.29. The van der Waals surface area contributed by atoms with Crippen molar-refractivity contribution in [2.45, 2.75) is 0 Å². The van der Waals surface area contributed by atoms with Gasteiger partial charge in [0.25, 0.3) is 5.91 Å². The Hall–Kier alpha value is -0.460. The first-order valence-electron chi connectivity index (χ1n) is 2.36. The van der Waals surface area contributed by atoms with Crippen molar-refractivity contribution in [2.75, 3.05) is 0 Å². The Balaban J connectivity index is 2.85. The van der Waals surface area contributed by atoms with E-state index in [1.807, 2.05) is 5.43 Å². The Morgan fingerprint density at radius 1 is 1.90 bits per heavy atom. The molecule has 3 N–H and O–H groups in total. The van der Waals surface area contributed by atoms with Crippen LogP contribution in [-0.2, 0) is 0 Å². The van der Waals surface area contributed by atoms with Gasteiger partial charge in [0.2, 0.25) is 0 Å². The average molecular weight is 222 g/mol. The second-order valence-corrected chi connectivity index (χ2v) is 3.85. The summed E-state index contributed by atoms with van der Waals surface area (Å²) < 4.78 is 0.811. The van der Waals surface area contributed by atoms with Gasteiger partial charge in [0.1, 0.15) is 0 Å². The molecule has 4 nitrogen and oxygen atoms in total. The quantitative estimate of drug-likeness (QED) is 0.413. The van der Waals surface area contributed by atoms with Gasteiger partial charge in [-0.3, -0.25) is 10.2 Å². The van der Waals surface area contributed by atoms with Crippen LogP contribution in [0, 0.1) is 0 Å². The highest BCUT2D eigenvalue weighted by atomic mass is 79.9. The Morgan fingerprint density at radius 2 is 2.60 bits per heavy atom. The van der Waals surface area contributed by atoms with Gasteiger partial charge in [-0.25, -0.2) is 10.8 Å². The minimum Gasteiger partial charge on any atom is -0.288 e. The number of hydrogen-bond acceptors (Lipinski definition) is 4. The SMILES string of the molecule is NNC(=O)c1ncc(Br)s1. The van der Waals surface area contributed by atoms with Gasteiger partial charge in [0.05, 0.1) is 9.98 Å². The number of nitrogen functional groups attached to an aromatic ring is 1. The second-order valence-electron chi connectivity index (χ2n) is 1.44. The molecule has 0 radical (unpaired) electrons. The molecule has 0 bridgehead atoms. The Bertz CT molecular complexity index is 248. The van der Waals surface area contributed by atoms with Gasteiger partial charge in [0.15, 0.2) is 5.01 Å². The Morgan fingerprint density at radius 3 is 3.00 bits per heavy atom. The molecule has 54 valence electrons. The summed E-state index contributed by atoms with van der Waals surface area (Å²) in [5.41, 5.74) is 1.98. The molecule has 10 heavy (non-hydrogen) atoms. The molecule has 0 spiro atoms. The average Bonchev–Trinajstić information content (AvgIpc) is 2.34. The molecule has 6 heteroatoms. The molecular formula is C4H4BrN3OS. The van der Waals surface area contributed by atoms with Crippen molar-refractivity contribution in [3.05, 3.63) is 15.0 Å². The summed E-state index contributed by atoms with van der Waals surface area (Å²) in [5.74, 6) is 4.50. The molecule has 0 fully saturated rings. The molecule has 1 aromatic rings. The standard InChI is InChI=1S/C4H4BrN3OS/c5-2-1-7-4(10-2)3(9)8-6/h1H,6H2,(H,8,9). The molecule has 0 aliphatic rings. The summed E-state index contributed by atoms with van der Waals surface area (Å²) in [6.45, 7) is 0. The predicted octanol–water partition coefficient (Wildman–Crippen LogP) is 0.509. The number of carbonyl (C=O) groups excluding carboxylic acids is 1.